The van der Waals surface area contributed by atoms with Crippen molar-refractivity contribution >= 4 is 28.6 Å². The van der Waals surface area contributed by atoms with Crippen LogP contribution >= 0.6 is 22.6 Å². The summed E-state index contributed by atoms with van der Waals surface area (Å²) in [7, 11) is 1.55. The molecule has 0 saturated carbocycles. The van der Waals surface area contributed by atoms with E-state index in [1.54, 1.807) is 49.1 Å². The van der Waals surface area contributed by atoms with Crippen molar-refractivity contribution in [3.8, 4) is 16.9 Å². The monoisotopic (exact) mass is 489 g/mol. The smallest absolute Gasteiger partial charge is 0.338 e. The van der Waals surface area contributed by atoms with E-state index in [1.165, 1.54) is 0 Å². The Hall–Kier alpha value is -2.61. The van der Waals surface area contributed by atoms with E-state index in [2.05, 4.69) is 22.6 Å². The molecule has 3 aromatic rings. The van der Waals surface area contributed by atoms with E-state index in [4.69, 9.17) is 9.47 Å². The van der Waals surface area contributed by atoms with Gasteiger partial charge >= 0.3 is 5.97 Å². The molecule has 28 heavy (non-hydrogen) atoms. The standard InChI is InChI=1S/C22H20INO4/c1-3-28-22(26)17-11-9-16(10-12-17)19-20(27-2)18(23)14-24(21(19)25)13-15-7-5-4-6-8-15/h4-12,14H,3,13H2,1-2H3. The first kappa shape index (κ1) is 20.1. The number of methoxy groups -OCH3 is 1. The highest BCUT2D eigenvalue weighted by Crippen LogP contribution is 2.31. The molecule has 0 saturated heterocycles. The average molecular weight is 489 g/mol. The lowest BCUT2D eigenvalue weighted by atomic mass is 10.0. The lowest BCUT2D eigenvalue weighted by Crippen LogP contribution is -2.23. The summed E-state index contributed by atoms with van der Waals surface area (Å²) in [5.74, 6) is 0.143. The fourth-order valence-corrected chi connectivity index (χ4v) is 3.78. The minimum Gasteiger partial charge on any atom is -0.495 e. The molecule has 0 aliphatic heterocycles. The lowest BCUT2D eigenvalue weighted by Gasteiger charge is -2.15. The summed E-state index contributed by atoms with van der Waals surface area (Å²) in [6, 6.07) is 16.6. The summed E-state index contributed by atoms with van der Waals surface area (Å²) in [5, 5.41) is 0. The summed E-state index contributed by atoms with van der Waals surface area (Å²) in [6.45, 7) is 2.54. The van der Waals surface area contributed by atoms with E-state index in [1.807, 2.05) is 30.3 Å². The molecule has 0 unspecified atom stereocenters. The first-order chi connectivity index (χ1) is 13.5. The Morgan fingerprint density at radius 3 is 2.36 bits per heavy atom. The van der Waals surface area contributed by atoms with Crippen LogP contribution in [0.25, 0.3) is 11.1 Å². The predicted octanol–water partition coefficient (Wildman–Crippen LogP) is 4.35. The Morgan fingerprint density at radius 2 is 1.75 bits per heavy atom. The van der Waals surface area contributed by atoms with Gasteiger partial charge in [-0.05, 0) is 52.8 Å². The van der Waals surface area contributed by atoms with Gasteiger partial charge in [-0.15, -0.1) is 0 Å². The van der Waals surface area contributed by atoms with Crippen molar-refractivity contribution in [2.75, 3.05) is 13.7 Å². The van der Waals surface area contributed by atoms with Crippen LogP contribution in [0.3, 0.4) is 0 Å². The average Bonchev–Trinajstić information content (AvgIpc) is 2.71. The first-order valence-electron chi connectivity index (χ1n) is 8.83. The van der Waals surface area contributed by atoms with E-state index in [9.17, 15) is 9.59 Å². The Balaban J connectivity index is 2.06. The molecular formula is C22H20INO4. The van der Waals surface area contributed by atoms with Crippen LogP contribution in [0.5, 0.6) is 5.75 Å². The minimum atomic E-state index is -0.384. The SMILES string of the molecule is CCOC(=O)c1ccc(-c2c(OC)c(I)cn(Cc3ccccc3)c2=O)cc1. The van der Waals surface area contributed by atoms with Gasteiger partial charge in [-0.3, -0.25) is 4.79 Å². The topological polar surface area (TPSA) is 57.5 Å². The number of aromatic nitrogens is 1. The maximum atomic E-state index is 13.2. The van der Waals surface area contributed by atoms with Gasteiger partial charge in [0, 0.05) is 6.20 Å². The fourth-order valence-electron chi connectivity index (χ4n) is 2.95. The highest BCUT2D eigenvalue weighted by Gasteiger charge is 2.18. The Labute approximate surface area is 177 Å². The zero-order valence-electron chi connectivity index (χ0n) is 15.6. The molecule has 0 fully saturated rings. The van der Waals surface area contributed by atoms with Crippen LogP contribution in [-0.2, 0) is 11.3 Å². The van der Waals surface area contributed by atoms with Gasteiger partial charge in [-0.1, -0.05) is 42.5 Å². The number of pyridine rings is 1. The van der Waals surface area contributed by atoms with Crippen molar-refractivity contribution in [3.63, 3.8) is 0 Å². The van der Waals surface area contributed by atoms with Crippen LogP contribution in [0, 0.1) is 3.57 Å². The van der Waals surface area contributed by atoms with Gasteiger partial charge < -0.3 is 14.0 Å². The second-order valence-corrected chi connectivity index (χ2v) is 7.26. The number of nitrogens with zero attached hydrogens (tertiary/aromatic N) is 1. The number of benzene rings is 2. The molecule has 0 bridgehead atoms. The maximum absolute atomic E-state index is 13.2. The third-order valence-corrected chi connectivity index (χ3v) is 5.04. The summed E-state index contributed by atoms with van der Waals surface area (Å²) in [4.78, 5) is 25.1. The lowest BCUT2D eigenvalue weighted by molar-refractivity contribution is 0.0526. The quantitative estimate of drug-likeness (QED) is 0.382. The van der Waals surface area contributed by atoms with Gasteiger partial charge in [-0.25, -0.2) is 4.79 Å². The zero-order chi connectivity index (χ0) is 20.1. The van der Waals surface area contributed by atoms with Gasteiger partial charge in [0.05, 0.1) is 35.0 Å². The minimum absolute atomic E-state index is 0.148. The van der Waals surface area contributed by atoms with E-state index >= 15 is 0 Å². The Kier molecular flexibility index (Phi) is 6.51. The number of halogens is 1. The molecule has 0 aliphatic rings. The van der Waals surface area contributed by atoms with Gasteiger partial charge in [0.1, 0.15) is 5.75 Å². The van der Waals surface area contributed by atoms with Crippen molar-refractivity contribution < 1.29 is 14.3 Å². The van der Waals surface area contributed by atoms with Crippen molar-refractivity contribution in [1.82, 2.24) is 4.57 Å². The van der Waals surface area contributed by atoms with Crippen molar-refractivity contribution in [1.29, 1.82) is 0 Å². The highest BCUT2D eigenvalue weighted by molar-refractivity contribution is 14.1. The highest BCUT2D eigenvalue weighted by atomic mass is 127. The summed E-state index contributed by atoms with van der Waals surface area (Å²) in [6.07, 6.45) is 1.80. The van der Waals surface area contributed by atoms with Crippen molar-refractivity contribution in [2.45, 2.75) is 13.5 Å². The molecule has 0 aliphatic carbocycles. The second kappa shape index (κ2) is 9.05. The van der Waals surface area contributed by atoms with Crippen LogP contribution in [-0.4, -0.2) is 24.3 Å². The number of hydrogen-bond acceptors (Lipinski definition) is 4. The molecular weight excluding hydrogens is 469 g/mol. The van der Waals surface area contributed by atoms with Crippen LogP contribution in [0.15, 0.2) is 65.6 Å². The first-order valence-corrected chi connectivity index (χ1v) is 9.91. The maximum Gasteiger partial charge on any atom is 0.338 e. The number of carbonyl (C=O) groups excluding carboxylic acids is 1. The predicted molar refractivity (Wildman–Crippen MR) is 117 cm³/mol. The van der Waals surface area contributed by atoms with Crippen LogP contribution < -0.4 is 10.3 Å². The Bertz CT molecular complexity index is 1030. The summed E-state index contributed by atoms with van der Waals surface area (Å²) >= 11 is 2.17. The summed E-state index contributed by atoms with van der Waals surface area (Å²) in [5.41, 5.74) is 2.50. The molecule has 5 nitrogen and oxygen atoms in total. The molecule has 3 rings (SSSR count). The second-order valence-electron chi connectivity index (χ2n) is 6.10. The van der Waals surface area contributed by atoms with Gasteiger partial charge in [0.15, 0.2) is 0 Å². The molecule has 6 heteroatoms. The number of hydrogen-bond donors (Lipinski definition) is 0. The molecule has 0 spiro atoms. The normalized spacial score (nSPS) is 10.5. The molecule has 144 valence electrons. The molecule has 1 aromatic heterocycles. The van der Waals surface area contributed by atoms with Crippen LogP contribution in [0.2, 0.25) is 0 Å². The van der Waals surface area contributed by atoms with E-state index in [0.29, 0.717) is 35.6 Å². The number of esters is 1. The summed E-state index contributed by atoms with van der Waals surface area (Å²) < 4.78 is 13.0. The molecule has 0 radical (unpaired) electrons. The molecule has 0 N–H and O–H groups in total. The zero-order valence-corrected chi connectivity index (χ0v) is 17.8. The van der Waals surface area contributed by atoms with Gasteiger partial charge in [-0.2, -0.15) is 0 Å². The van der Waals surface area contributed by atoms with Gasteiger partial charge in [0.2, 0.25) is 0 Å². The third kappa shape index (κ3) is 4.27. The molecule has 0 atom stereocenters. The molecule has 2 aromatic carbocycles. The van der Waals surface area contributed by atoms with Crippen LogP contribution in [0.1, 0.15) is 22.8 Å². The third-order valence-electron chi connectivity index (χ3n) is 4.27. The van der Waals surface area contributed by atoms with E-state index < -0.39 is 0 Å². The fraction of sp³-hybridized carbons (Fsp3) is 0.182. The van der Waals surface area contributed by atoms with Crippen LogP contribution in [0.4, 0.5) is 0 Å². The Morgan fingerprint density at radius 1 is 1.07 bits per heavy atom. The van der Waals surface area contributed by atoms with Crippen molar-refractivity contribution in [2.24, 2.45) is 0 Å². The molecule has 1 heterocycles. The van der Waals surface area contributed by atoms with E-state index in [-0.39, 0.29) is 11.5 Å². The largest absolute Gasteiger partial charge is 0.495 e. The number of rotatable bonds is 6. The van der Waals surface area contributed by atoms with Gasteiger partial charge in [0.25, 0.3) is 5.56 Å². The number of carbonyl (C=O) groups is 1. The van der Waals surface area contributed by atoms with E-state index in [0.717, 1.165) is 9.13 Å². The van der Waals surface area contributed by atoms with Crippen molar-refractivity contribution in [3.05, 3.63) is 85.8 Å². The number of ether oxygens (including phenoxy) is 2. The molecule has 0 amide bonds.